The van der Waals surface area contributed by atoms with E-state index in [-0.39, 0.29) is 30.6 Å². The fourth-order valence-corrected chi connectivity index (χ4v) is 4.92. The van der Waals surface area contributed by atoms with Gasteiger partial charge in [0.25, 0.3) is 5.91 Å². The molecule has 1 saturated heterocycles. The molecule has 4 rings (SSSR count). The molecule has 0 radical (unpaired) electrons. The van der Waals surface area contributed by atoms with Crippen LogP contribution in [0.25, 0.3) is 0 Å². The molecule has 0 N–H and O–H groups in total. The Morgan fingerprint density at radius 1 is 0.833 bits per heavy atom. The maximum atomic E-state index is 12.6. The molecule has 0 saturated carbocycles. The van der Waals surface area contributed by atoms with Gasteiger partial charge in [-0.3, -0.25) is 14.4 Å². The molecular weight excluding hydrogens is 398 g/mol. The fourth-order valence-electron chi connectivity index (χ4n) is 4.03. The van der Waals surface area contributed by atoms with Crippen LogP contribution in [0.3, 0.4) is 0 Å². The smallest absolute Gasteiger partial charge is 0.253 e. The van der Waals surface area contributed by atoms with E-state index in [1.165, 1.54) is 10.4 Å². The molecule has 0 spiro atoms. The van der Waals surface area contributed by atoms with Crippen molar-refractivity contribution in [2.24, 2.45) is 0 Å². The van der Waals surface area contributed by atoms with Crippen LogP contribution < -0.4 is 0 Å². The zero-order valence-electron chi connectivity index (χ0n) is 17.3. The molecule has 0 unspecified atom stereocenters. The highest BCUT2D eigenvalue weighted by atomic mass is 32.1. The van der Waals surface area contributed by atoms with Crippen molar-refractivity contribution in [3.8, 4) is 0 Å². The van der Waals surface area contributed by atoms with Gasteiger partial charge in [-0.25, -0.2) is 0 Å². The molecule has 158 valence electrons. The Kier molecular flexibility index (Phi) is 6.18. The van der Waals surface area contributed by atoms with E-state index in [4.69, 9.17) is 0 Å². The third-order valence-corrected chi connectivity index (χ3v) is 6.95. The minimum absolute atomic E-state index is 0.000910. The van der Waals surface area contributed by atoms with Gasteiger partial charge < -0.3 is 14.7 Å². The monoisotopic (exact) mass is 425 g/mol. The Labute approximate surface area is 181 Å². The number of hydrogen-bond acceptors (Lipinski definition) is 4. The topological polar surface area (TPSA) is 60.9 Å². The molecule has 2 aliphatic heterocycles. The van der Waals surface area contributed by atoms with Crippen molar-refractivity contribution in [2.75, 3.05) is 32.7 Å². The highest BCUT2D eigenvalue weighted by Gasteiger charge is 2.26. The lowest BCUT2D eigenvalue weighted by atomic mass is 10.1. The van der Waals surface area contributed by atoms with Crippen LogP contribution in [0.4, 0.5) is 0 Å². The van der Waals surface area contributed by atoms with Gasteiger partial charge in [-0.05, 0) is 42.5 Å². The zero-order chi connectivity index (χ0) is 21.1. The van der Waals surface area contributed by atoms with E-state index in [1.54, 1.807) is 21.1 Å². The van der Waals surface area contributed by atoms with Crippen LogP contribution in [0.2, 0.25) is 0 Å². The average Bonchev–Trinajstić information content (AvgIpc) is 3.25. The van der Waals surface area contributed by atoms with E-state index in [9.17, 15) is 14.4 Å². The summed E-state index contributed by atoms with van der Waals surface area (Å²) in [5.74, 6) is 0.0579. The van der Waals surface area contributed by atoms with E-state index >= 15 is 0 Å². The van der Waals surface area contributed by atoms with E-state index < -0.39 is 0 Å². The van der Waals surface area contributed by atoms with Crippen LogP contribution in [-0.2, 0) is 22.6 Å². The first kappa shape index (κ1) is 20.6. The number of nitrogens with zero attached hydrogens (tertiary/aromatic N) is 3. The van der Waals surface area contributed by atoms with Crippen molar-refractivity contribution in [3.05, 3.63) is 57.3 Å². The number of piperazine rings is 1. The van der Waals surface area contributed by atoms with Crippen LogP contribution in [-0.4, -0.2) is 65.1 Å². The summed E-state index contributed by atoms with van der Waals surface area (Å²) >= 11 is 1.75. The Morgan fingerprint density at radius 3 is 2.17 bits per heavy atom. The molecule has 3 heterocycles. The Balaban J connectivity index is 1.22. The largest absolute Gasteiger partial charge is 0.339 e. The van der Waals surface area contributed by atoms with Crippen molar-refractivity contribution >= 4 is 29.1 Å². The Bertz CT molecular complexity index is 929. The zero-order valence-corrected chi connectivity index (χ0v) is 18.1. The molecule has 1 aromatic carbocycles. The molecule has 2 aromatic rings. The van der Waals surface area contributed by atoms with Crippen LogP contribution in [0.5, 0.6) is 0 Å². The molecule has 3 amide bonds. The second-order valence-corrected chi connectivity index (χ2v) is 8.97. The Hall–Kier alpha value is -2.67. The third kappa shape index (κ3) is 4.56. The molecule has 7 heteroatoms. The standard InChI is InChI=1S/C23H27N3O3S/c1-17-2-4-18(5-3-17)23(29)25-13-11-24(12-14-25)21(27)6-7-22(28)26-10-8-20-19(16-26)9-15-30-20/h2-5,9,15H,6-8,10-14,16H2,1H3. The molecule has 0 bridgehead atoms. The highest BCUT2D eigenvalue weighted by Crippen LogP contribution is 2.24. The quantitative estimate of drug-likeness (QED) is 0.757. The summed E-state index contributed by atoms with van der Waals surface area (Å²) in [6, 6.07) is 9.65. The number of carbonyl (C=O) groups excluding carboxylic acids is 3. The molecule has 30 heavy (non-hydrogen) atoms. The van der Waals surface area contributed by atoms with Gasteiger partial charge in [0.2, 0.25) is 11.8 Å². The number of hydrogen-bond donors (Lipinski definition) is 0. The van der Waals surface area contributed by atoms with Gasteiger partial charge in [-0.15, -0.1) is 11.3 Å². The molecule has 2 aliphatic rings. The summed E-state index contributed by atoms with van der Waals surface area (Å²) in [6.07, 6.45) is 1.39. The van der Waals surface area contributed by atoms with E-state index in [2.05, 4.69) is 11.4 Å². The van der Waals surface area contributed by atoms with Crippen LogP contribution in [0.15, 0.2) is 35.7 Å². The van der Waals surface area contributed by atoms with Crippen molar-refractivity contribution in [3.63, 3.8) is 0 Å². The number of benzene rings is 1. The van der Waals surface area contributed by atoms with Gasteiger partial charge in [0, 0.05) is 62.6 Å². The summed E-state index contributed by atoms with van der Waals surface area (Å²) in [4.78, 5) is 44.5. The predicted molar refractivity (Wildman–Crippen MR) is 116 cm³/mol. The Morgan fingerprint density at radius 2 is 1.47 bits per heavy atom. The first-order chi connectivity index (χ1) is 14.5. The molecular formula is C23H27N3O3S. The lowest BCUT2D eigenvalue weighted by Gasteiger charge is -2.35. The van der Waals surface area contributed by atoms with Crippen LogP contribution >= 0.6 is 11.3 Å². The number of carbonyl (C=O) groups is 3. The van der Waals surface area contributed by atoms with Gasteiger partial charge in [0.15, 0.2) is 0 Å². The molecule has 6 nitrogen and oxygen atoms in total. The SMILES string of the molecule is Cc1ccc(C(=O)N2CCN(C(=O)CCC(=O)N3CCc4sccc4C3)CC2)cc1. The summed E-state index contributed by atoms with van der Waals surface area (Å²) in [6.45, 7) is 5.48. The second kappa shape index (κ2) is 9.00. The molecule has 0 aliphatic carbocycles. The summed E-state index contributed by atoms with van der Waals surface area (Å²) in [5, 5.41) is 2.07. The van der Waals surface area contributed by atoms with Gasteiger partial charge in [-0.1, -0.05) is 17.7 Å². The lowest BCUT2D eigenvalue weighted by molar-refractivity contribution is -0.138. The third-order valence-electron chi connectivity index (χ3n) is 5.93. The van der Waals surface area contributed by atoms with Gasteiger partial charge in [0.1, 0.15) is 0 Å². The fraction of sp³-hybridized carbons (Fsp3) is 0.435. The molecule has 1 aromatic heterocycles. The van der Waals surface area contributed by atoms with Gasteiger partial charge >= 0.3 is 0 Å². The van der Waals surface area contributed by atoms with E-state index in [0.29, 0.717) is 38.3 Å². The van der Waals surface area contributed by atoms with Crippen molar-refractivity contribution in [2.45, 2.75) is 32.7 Å². The number of rotatable bonds is 4. The first-order valence-corrected chi connectivity index (χ1v) is 11.4. The van der Waals surface area contributed by atoms with Crippen molar-refractivity contribution in [1.29, 1.82) is 0 Å². The first-order valence-electron chi connectivity index (χ1n) is 10.5. The number of amides is 3. The highest BCUT2D eigenvalue weighted by molar-refractivity contribution is 7.10. The van der Waals surface area contributed by atoms with Crippen LogP contribution in [0.1, 0.15) is 39.2 Å². The summed E-state index contributed by atoms with van der Waals surface area (Å²) < 4.78 is 0. The summed E-state index contributed by atoms with van der Waals surface area (Å²) in [5.41, 5.74) is 3.04. The normalized spacial score (nSPS) is 16.4. The van der Waals surface area contributed by atoms with Gasteiger partial charge in [0.05, 0.1) is 0 Å². The number of aryl methyl sites for hydroxylation is 1. The van der Waals surface area contributed by atoms with Crippen LogP contribution in [0, 0.1) is 6.92 Å². The van der Waals surface area contributed by atoms with Gasteiger partial charge in [-0.2, -0.15) is 0 Å². The van der Waals surface area contributed by atoms with Crippen molar-refractivity contribution in [1.82, 2.24) is 14.7 Å². The summed E-state index contributed by atoms with van der Waals surface area (Å²) in [7, 11) is 0. The van der Waals surface area contributed by atoms with E-state index in [1.807, 2.05) is 36.1 Å². The molecule has 1 fully saturated rings. The second-order valence-electron chi connectivity index (χ2n) is 7.97. The predicted octanol–water partition coefficient (Wildman–Crippen LogP) is 2.71. The average molecular weight is 426 g/mol. The minimum Gasteiger partial charge on any atom is -0.339 e. The van der Waals surface area contributed by atoms with E-state index in [0.717, 1.165) is 18.5 Å². The maximum Gasteiger partial charge on any atom is 0.253 e. The minimum atomic E-state index is -0.000910. The number of fused-ring (bicyclic) bond motifs is 1. The maximum absolute atomic E-state index is 12.6. The number of thiophene rings is 1. The van der Waals surface area contributed by atoms with Crippen molar-refractivity contribution < 1.29 is 14.4 Å². The lowest BCUT2D eigenvalue weighted by Crippen LogP contribution is -2.50. The molecule has 0 atom stereocenters.